The minimum Gasteiger partial charge on any atom is -0.478 e. The highest BCUT2D eigenvalue weighted by Crippen LogP contribution is 2.41. The van der Waals surface area contributed by atoms with Gasteiger partial charge in [0.1, 0.15) is 6.04 Å². The van der Waals surface area contributed by atoms with E-state index in [1.165, 1.54) is 28.0 Å². The van der Waals surface area contributed by atoms with E-state index < -0.39 is 12.0 Å². The predicted molar refractivity (Wildman–Crippen MR) is 221 cm³/mol. The molecule has 3 saturated heterocycles. The fourth-order valence-corrected chi connectivity index (χ4v) is 9.70. The number of piperidine rings is 2. The molecule has 5 aliphatic rings. The Morgan fingerprint density at radius 2 is 1.40 bits per heavy atom. The third kappa shape index (κ3) is 7.46. The summed E-state index contributed by atoms with van der Waals surface area (Å²) in [5.74, 6) is -1.01. The molecule has 10 heteroatoms. The molecule has 3 fully saturated rings. The summed E-state index contributed by atoms with van der Waals surface area (Å²) in [7, 11) is 0. The zero-order chi connectivity index (χ0) is 39.0. The van der Waals surface area contributed by atoms with Gasteiger partial charge in [-0.05, 0) is 126 Å². The molecule has 0 spiro atoms. The number of rotatable bonds is 8. The van der Waals surface area contributed by atoms with Crippen LogP contribution in [0.3, 0.4) is 0 Å². The molecule has 1 atom stereocenters. The number of carbonyl (C=O) groups excluding carboxylic acids is 3. The van der Waals surface area contributed by atoms with Crippen LogP contribution in [0, 0.1) is 5.92 Å². The number of carboxylic acid groups (broad SMARTS) is 1. The van der Waals surface area contributed by atoms with Crippen molar-refractivity contribution in [3.8, 4) is 0 Å². The molecule has 4 aromatic carbocycles. The summed E-state index contributed by atoms with van der Waals surface area (Å²) in [6.07, 6.45) is 5.71. The second-order valence-electron chi connectivity index (χ2n) is 16.3. The van der Waals surface area contributed by atoms with Gasteiger partial charge in [-0.1, -0.05) is 48.5 Å². The number of imide groups is 1. The van der Waals surface area contributed by atoms with E-state index in [0.29, 0.717) is 30.0 Å². The highest BCUT2D eigenvalue weighted by molar-refractivity contribution is 6.05. The molecule has 4 aromatic rings. The smallest absolute Gasteiger partial charge is 0.335 e. The summed E-state index contributed by atoms with van der Waals surface area (Å²) in [6.45, 7) is 7.45. The number of allylic oxidation sites excluding steroid dienone is 1. The van der Waals surface area contributed by atoms with E-state index >= 15 is 0 Å². The topological polar surface area (TPSA) is 114 Å². The molecule has 3 amide bonds. The molecule has 0 saturated carbocycles. The number of carbonyl (C=O) groups is 4. The number of amides is 3. The van der Waals surface area contributed by atoms with Crippen molar-refractivity contribution in [3.05, 3.63) is 130 Å². The molecule has 10 nitrogen and oxygen atoms in total. The number of anilines is 2. The maximum atomic E-state index is 13.2. The molecule has 0 radical (unpaired) electrons. The number of aryl methyl sites for hydroxylation is 1. The molecule has 4 aliphatic heterocycles. The molecular formula is C47H49N5O5. The Bertz CT molecular complexity index is 2240. The van der Waals surface area contributed by atoms with Gasteiger partial charge in [0.2, 0.25) is 11.8 Å². The zero-order valence-corrected chi connectivity index (χ0v) is 32.3. The summed E-state index contributed by atoms with van der Waals surface area (Å²) < 4.78 is 0. The summed E-state index contributed by atoms with van der Waals surface area (Å²) >= 11 is 0. The number of hydrogen-bond acceptors (Lipinski definition) is 7. The number of hydrogen-bond donors (Lipinski definition) is 2. The number of carboxylic acids is 1. The van der Waals surface area contributed by atoms with Gasteiger partial charge < -0.3 is 19.8 Å². The van der Waals surface area contributed by atoms with Crippen LogP contribution in [0.25, 0.3) is 11.1 Å². The van der Waals surface area contributed by atoms with E-state index in [9.17, 15) is 24.3 Å². The molecule has 1 unspecified atom stereocenters. The first kappa shape index (κ1) is 36.9. The first-order chi connectivity index (χ1) is 27.8. The molecule has 1 aliphatic carbocycles. The number of aromatic carboxylic acids is 1. The second-order valence-corrected chi connectivity index (χ2v) is 16.3. The zero-order valence-electron chi connectivity index (χ0n) is 32.3. The molecule has 0 aromatic heterocycles. The number of benzene rings is 4. The fraction of sp³-hybridized carbons (Fsp3) is 0.362. The summed E-state index contributed by atoms with van der Waals surface area (Å²) in [6, 6.07) is 30.7. The van der Waals surface area contributed by atoms with Gasteiger partial charge in [-0.2, -0.15) is 0 Å². The van der Waals surface area contributed by atoms with Gasteiger partial charge in [-0.15, -0.1) is 0 Å². The molecule has 57 heavy (non-hydrogen) atoms. The molecule has 9 rings (SSSR count). The van der Waals surface area contributed by atoms with Gasteiger partial charge in [0, 0.05) is 75.7 Å². The van der Waals surface area contributed by atoms with Crippen LogP contribution in [0.5, 0.6) is 0 Å². The van der Waals surface area contributed by atoms with Crippen molar-refractivity contribution in [1.29, 1.82) is 0 Å². The van der Waals surface area contributed by atoms with Crippen LogP contribution in [0.4, 0.5) is 11.4 Å². The Kier molecular flexibility index (Phi) is 10.1. The Morgan fingerprint density at radius 3 is 2.14 bits per heavy atom. The van der Waals surface area contributed by atoms with Crippen LogP contribution in [-0.4, -0.2) is 90.5 Å². The average Bonchev–Trinajstić information content (AvgIpc) is 3.43. The molecule has 2 N–H and O–H groups in total. The Hall–Kier alpha value is -5.74. The Balaban J connectivity index is 0.806. The summed E-state index contributed by atoms with van der Waals surface area (Å²) in [4.78, 5) is 58.3. The number of nitrogens with one attached hydrogen (secondary N) is 1. The average molecular weight is 764 g/mol. The van der Waals surface area contributed by atoms with Crippen molar-refractivity contribution in [2.24, 2.45) is 5.92 Å². The quantitative estimate of drug-likeness (QED) is 0.196. The fourth-order valence-electron chi connectivity index (χ4n) is 9.70. The van der Waals surface area contributed by atoms with Crippen molar-refractivity contribution >= 4 is 46.2 Å². The van der Waals surface area contributed by atoms with E-state index in [1.54, 1.807) is 11.0 Å². The van der Waals surface area contributed by atoms with E-state index in [0.717, 1.165) is 100 Å². The van der Waals surface area contributed by atoms with E-state index in [4.69, 9.17) is 0 Å². The van der Waals surface area contributed by atoms with Gasteiger partial charge in [-0.25, -0.2) is 4.79 Å². The van der Waals surface area contributed by atoms with E-state index in [1.807, 2.05) is 24.3 Å². The van der Waals surface area contributed by atoms with Gasteiger partial charge >= 0.3 is 5.97 Å². The molecular weight excluding hydrogens is 715 g/mol. The van der Waals surface area contributed by atoms with E-state index in [-0.39, 0.29) is 24.1 Å². The van der Waals surface area contributed by atoms with Gasteiger partial charge in [0.25, 0.3) is 5.91 Å². The normalized spacial score (nSPS) is 20.7. The van der Waals surface area contributed by atoms with Crippen LogP contribution in [0.15, 0.2) is 91.0 Å². The van der Waals surface area contributed by atoms with Crippen molar-refractivity contribution < 1.29 is 24.3 Å². The number of piperazine rings is 1. The first-order valence-electron chi connectivity index (χ1n) is 20.5. The Labute approximate surface area is 333 Å². The van der Waals surface area contributed by atoms with Gasteiger partial charge in [0.05, 0.1) is 5.56 Å². The van der Waals surface area contributed by atoms with Gasteiger partial charge in [0.15, 0.2) is 0 Å². The van der Waals surface area contributed by atoms with E-state index in [2.05, 4.69) is 80.7 Å². The lowest BCUT2D eigenvalue weighted by Crippen LogP contribution is -2.52. The lowest BCUT2D eigenvalue weighted by molar-refractivity contribution is -0.136. The second kappa shape index (κ2) is 15.7. The molecule has 292 valence electrons. The number of fused-ring (bicyclic) bond motifs is 2. The standard InChI is InChI=1S/C47H49N5O5/c53-43-18-17-42(45(54)48-43)52-30-36-28-38(14-16-41(36)46(52)55)51-25-23-49(24-26-51)29-31-19-21-50(22-20-31)37-12-9-33(10-13-37)44-39(32-5-2-1-3-6-32)8-4-7-34-27-35(47(56)57)11-15-40(34)44/h1-3,5-6,9-16,27-28,31,42H,4,7-8,17-26,29-30H2,(H,56,57)(H,48,53,54). The first-order valence-corrected chi connectivity index (χ1v) is 20.5. The maximum absolute atomic E-state index is 13.2. The van der Waals surface area contributed by atoms with Crippen LogP contribution >= 0.6 is 0 Å². The largest absolute Gasteiger partial charge is 0.478 e. The van der Waals surface area contributed by atoms with Crippen LogP contribution in [-0.2, 0) is 22.6 Å². The minimum atomic E-state index is -0.887. The monoisotopic (exact) mass is 763 g/mol. The Morgan fingerprint density at radius 1 is 0.684 bits per heavy atom. The lowest BCUT2D eigenvalue weighted by atomic mass is 9.87. The van der Waals surface area contributed by atoms with Crippen molar-refractivity contribution in [1.82, 2.24) is 15.1 Å². The van der Waals surface area contributed by atoms with Crippen LogP contribution in [0.1, 0.15) is 87.1 Å². The highest BCUT2D eigenvalue weighted by atomic mass is 16.4. The van der Waals surface area contributed by atoms with Crippen molar-refractivity contribution in [3.63, 3.8) is 0 Å². The third-order valence-corrected chi connectivity index (χ3v) is 12.8. The van der Waals surface area contributed by atoms with Crippen LogP contribution in [0.2, 0.25) is 0 Å². The van der Waals surface area contributed by atoms with Crippen molar-refractivity contribution in [2.75, 3.05) is 55.6 Å². The SMILES string of the molecule is O=C1CCC(N2Cc3cc(N4CCN(CC5CCN(c6ccc(C7=C(c8ccccc8)CCCc8cc(C(=O)O)ccc87)cc6)CC5)CC4)ccc3C2=O)C(=O)N1. The lowest BCUT2D eigenvalue weighted by Gasteiger charge is -2.40. The highest BCUT2D eigenvalue weighted by Gasteiger charge is 2.39. The predicted octanol–water partition coefficient (Wildman–Crippen LogP) is 6.48. The maximum Gasteiger partial charge on any atom is 0.335 e. The van der Waals surface area contributed by atoms with Gasteiger partial charge in [-0.3, -0.25) is 24.6 Å². The third-order valence-electron chi connectivity index (χ3n) is 12.8. The van der Waals surface area contributed by atoms with Crippen molar-refractivity contribution in [2.45, 2.75) is 57.5 Å². The van der Waals surface area contributed by atoms with Crippen LogP contribution < -0.4 is 15.1 Å². The molecule has 0 bridgehead atoms. The minimum absolute atomic E-state index is 0.131. The summed E-state index contributed by atoms with van der Waals surface area (Å²) in [5.41, 5.74) is 11.5. The number of nitrogens with zero attached hydrogens (tertiary/aromatic N) is 4. The summed E-state index contributed by atoms with van der Waals surface area (Å²) in [5, 5.41) is 12.1. The molecule has 4 heterocycles.